The number of benzene rings is 1. The van der Waals surface area contributed by atoms with E-state index in [4.69, 9.17) is 31.3 Å². The molecule has 1 aliphatic rings. The van der Waals surface area contributed by atoms with Gasteiger partial charge in [-0.2, -0.15) is 13.5 Å². The van der Waals surface area contributed by atoms with Gasteiger partial charge in [-0.25, -0.2) is 9.78 Å². The first-order chi connectivity index (χ1) is 23.6. The Bertz CT molecular complexity index is 1920. The van der Waals surface area contributed by atoms with E-state index < -0.39 is 58.2 Å². The van der Waals surface area contributed by atoms with Crippen LogP contribution in [0, 0.1) is 0 Å². The predicted octanol–water partition coefficient (Wildman–Crippen LogP) is -1.17. The summed E-state index contributed by atoms with van der Waals surface area (Å²) in [7, 11) is -3.14. The molecule has 22 heteroatoms. The van der Waals surface area contributed by atoms with Gasteiger partial charge in [0.1, 0.15) is 24.1 Å². The van der Waals surface area contributed by atoms with Crippen LogP contribution >= 0.6 is 11.3 Å². The predicted molar refractivity (Wildman–Crippen MR) is 179 cm³/mol. The zero-order valence-electron chi connectivity index (χ0n) is 27.3. The highest BCUT2D eigenvalue weighted by atomic mass is 32.3. The summed E-state index contributed by atoms with van der Waals surface area (Å²) in [5.41, 5.74) is 17.4. The number of aromatic nitrogens is 3. The summed E-state index contributed by atoms with van der Waals surface area (Å²) in [4.78, 5) is 51.6. The number of carboxylic acid groups (broad SMARTS) is 1. The zero-order chi connectivity index (χ0) is 36.8. The number of oxime groups is 1. The molecule has 0 aliphatic carbocycles. The number of ether oxygens (including phenoxy) is 1. The normalized spacial score (nSPS) is 17.0. The summed E-state index contributed by atoms with van der Waals surface area (Å²) >= 11 is 0.954. The zero-order valence-corrected chi connectivity index (χ0v) is 28.9. The Balaban J connectivity index is 1.48. The molecular weight excluding hydrogens is 701 g/mol. The minimum Gasteiger partial charge on any atom is -0.489 e. The van der Waals surface area contributed by atoms with Crippen LogP contribution in [0.2, 0.25) is 0 Å². The summed E-state index contributed by atoms with van der Waals surface area (Å²) in [5.74, 6) is -3.17. The summed E-state index contributed by atoms with van der Waals surface area (Å²) in [6, 6.07) is 5.54. The molecular formula is C28H38N10O10S2. The van der Waals surface area contributed by atoms with Crippen molar-refractivity contribution in [3.63, 3.8) is 0 Å². The second-order valence-electron chi connectivity index (χ2n) is 11.4. The number of β-lactam (4-membered cyclic amide) rings is 1. The average Bonchev–Trinajstić information content (AvgIpc) is 3.63. The molecule has 2 atom stereocenters. The molecule has 1 aliphatic heterocycles. The third-order valence-electron chi connectivity index (χ3n) is 7.38. The number of nitrogens with two attached hydrogens (primary N) is 3. The standard InChI is InChI=1S/C28H38N10O10S2/c1-28(2)22(24(40)38(28)48-50(43,44)45)34-23(39)21(18-15-49-26(31)33-18)35-47-20(25(41)42)14-46-17-7-5-16(6-8-17)19-13-37(12-4-9-29)27(36(19)3)32-11-10-30/h5-8,13,15,20,22H,4,9-12,14,29-30H2,1-3H3,(H2,31,33)(H,34,39)(H,41,42)(H,43,44,45)/b32-27+,35-21-/t20?,22-/m1/s1. The number of hydrogen-bond acceptors (Lipinski definition) is 15. The van der Waals surface area contributed by atoms with Crippen molar-refractivity contribution >= 4 is 50.4 Å². The first kappa shape index (κ1) is 37.9. The van der Waals surface area contributed by atoms with Gasteiger partial charge in [0.2, 0.25) is 5.62 Å². The Morgan fingerprint density at radius 1 is 1.20 bits per heavy atom. The molecule has 0 bridgehead atoms. The molecule has 0 spiro atoms. The third kappa shape index (κ3) is 8.83. The second kappa shape index (κ2) is 15.8. The van der Waals surface area contributed by atoms with E-state index in [1.165, 1.54) is 19.2 Å². The smallest absolute Gasteiger partial charge is 0.418 e. The molecule has 9 N–H and O–H groups in total. The van der Waals surface area contributed by atoms with E-state index in [0.29, 0.717) is 37.0 Å². The highest BCUT2D eigenvalue weighted by molar-refractivity contribution is 7.80. The molecule has 4 rings (SSSR count). The first-order valence-electron chi connectivity index (χ1n) is 15.0. The Kier molecular flexibility index (Phi) is 12.0. The maximum Gasteiger partial charge on any atom is 0.418 e. The van der Waals surface area contributed by atoms with Gasteiger partial charge in [-0.1, -0.05) is 5.16 Å². The fourth-order valence-corrected chi connectivity index (χ4v) is 5.83. The van der Waals surface area contributed by atoms with Crippen LogP contribution in [0.25, 0.3) is 11.3 Å². The Hall–Kier alpha value is -4.87. The van der Waals surface area contributed by atoms with Gasteiger partial charge in [-0.3, -0.25) is 19.1 Å². The molecule has 1 unspecified atom stereocenters. The van der Waals surface area contributed by atoms with Crippen molar-refractivity contribution in [1.82, 2.24) is 24.5 Å². The number of aryl methyl sites for hydroxylation is 1. The molecule has 50 heavy (non-hydrogen) atoms. The topological polar surface area (TPSA) is 294 Å². The molecule has 0 saturated carbocycles. The van der Waals surface area contributed by atoms with Gasteiger partial charge in [0.05, 0.1) is 17.8 Å². The number of hydroxylamine groups is 2. The lowest BCUT2D eigenvalue weighted by atomic mass is 9.84. The van der Waals surface area contributed by atoms with Crippen LogP contribution in [-0.4, -0.2) is 105 Å². The van der Waals surface area contributed by atoms with Crippen LogP contribution < -0.4 is 32.9 Å². The number of carbonyl (C=O) groups excluding carboxylic acids is 2. The van der Waals surface area contributed by atoms with Crippen LogP contribution in [-0.2, 0) is 47.5 Å². The van der Waals surface area contributed by atoms with E-state index in [0.717, 1.165) is 34.6 Å². The molecule has 1 fully saturated rings. The minimum atomic E-state index is -5.03. The number of aliphatic carboxylic acids is 1. The number of anilines is 1. The second-order valence-corrected chi connectivity index (χ2v) is 13.2. The van der Waals surface area contributed by atoms with Gasteiger partial charge in [0.15, 0.2) is 10.8 Å². The Morgan fingerprint density at radius 3 is 2.46 bits per heavy atom. The summed E-state index contributed by atoms with van der Waals surface area (Å²) in [6.07, 6.45) is 1.02. The molecule has 1 aromatic carbocycles. The highest BCUT2D eigenvalue weighted by Gasteiger charge is 2.58. The van der Waals surface area contributed by atoms with E-state index in [1.54, 1.807) is 24.3 Å². The van der Waals surface area contributed by atoms with Crippen molar-refractivity contribution in [2.75, 3.05) is 32.0 Å². The van der Waals surface area contributed by atoms with Gasteiger partial charge in [0, 0.05) is 31.7 Å². The number of rotatable bonds is 17. The number of hydrogen-bond donors (Lipinski definition) is 6. The van der Waals surface area contributed by atoms with Crippen molar-refractivity contribution in [3.8, 4) is 17.0 Å². The van der Waals surface area contributed by atoms with Gasteiger partial charge < -0.3 is 46.3 Å². The highest BCUT2D eigenvalue weighted by Crippen LogP contribution is 2.33. The van der Waals surface area contributed by atoms with Gasteiger partial charge >= 0.3 is 16.4 Å². The number of nitrogens with zero attached hydrogens (tertiary/aromatic N) is 6. The van der Waals surface area contributed by atoms with Crippen molar-refractivity contribution < 1.29 is 46.3 Å². The van der Waals surface area contributed by atoms with Crippen LogP contribution in [0.5, 0.6) is 5.75 Å². The van der Waals surface area contributed by atoms with Crippen molar-refractivity contribution in [2.24, 2.45) is 28.7 Å². The van der Waals surface area contributed by atoms with Crippen molar-refractivity contribution in [1.29, 1.82) is 0 Å². The minimum absolute atomic E-state index is 0.0525. The van der Waals surface area contributed by atoms with Gasteiger partial charge in [-0.15, -0.1) is 15.6 Å². The quantitative estimate of drug-likeness (QED) is 0.0412. The summed E-state index contributed by atoms with van der Waals surface area (Å²) in [5, 5.41) is 17.7. The Morgan fingerprint density at radius 2 is 1.90 bits per heavy atom. The number of carbonyl (C=O) groups is 3. The fourth-order valence-electron chi connectivity index (χ4n) is 4.83. The monoisotopic (exact) mass is 738 g/mol. The molecule has 2 amide bonds. The number of carboxylic acids is 1. The van der Waals surface area contributed by atoms with Crippen LogP contribution in [0.1, 0.15) is 26.0 Å². The molecule has 20 nitrogen and oxygen atoms in total. The number of imidazole rings is 1. The van der Waals surface area contributed by atoms with E-state index in [9.17, 15) is 27.9 Å². The number of nitrogen functional groups attached to an aromatic ring is 1. The third-order valence-corrected chi connectivity index (χ3v) is 8.39. The lowest BCUT2D eigenvalue weighted by Gasteiger charge is -2.50. The molecule has 3 heterocycles. The lowest BCUT2D eigenvalue weighted by molar-refractivity contribution is -0.218. The first-order valence-corrected chi connectivity index (χ1v) is 17.2. The van der Waals surface area contributed by atoms with Crippen LogP contribution in [0.3, 0.4) is 0 Å². The van der Waals surface area contributed by atoms with Crippen LogP contribution in [0.15, 0.2) is 46.0 Å². The fraction of sp³-hybridized carbons (Fsp3) is 0.429. The maximum atomic E-state index is 13.3. The van der Waals surface area contributed by atoms with Gasteiger partial charge in [-0.05, 0) is 56.6 Å². The molecule has 1 saturated heterocycles. The van der Waals surface area contributed by atoms with E-state index in [2.05, 4.69) is 24.7 Å². The van der Waals surface area contributed by atoms with Gasteiger partial charge in [0.25, 0.3) is 17.9 Å². The van der Waals surface area contributed by atoms with E-state index in [1.807, 2.05) is 22.4 Å². The Labute approximate surface area is 290 Å². The van der Waals surface area contributed by atoms with E-state index in [-0.39, 0.29) is 10.8 Å². The average molecular weight is 739 g/mol. The summed E-state index contributed by atoms with van der Waals surface area (Å²) in [6.45, 7) is 4.26. The van der Waals surface area contributed by atoms with Crippen LogP contribution in [0.4, 0.5) is 5.13 Å². The summed E-state index contributed by atoms with van der Waals surface area (Å²) < 4.78 is 45.1. The lowest BCUT2D eigenvalue weighted by Crippen LogP contribution is -2.76. The van der Waals surface area contributed by atoms with E-state index >= 15 is 0 Å². The van der Waals surface area contributed by atoms with Crippen molar-refractivity contribution in [3.05, 3.63) is 47.2 Å². The molecule has 272 valence electrons. The number of nitrogens with one attached hydrogen (secondary N) is 1. The number of thiazole rings is 1. The molecule has 0 radical (unpaired) electrons. The van der Waals surface area contributed by atoms with Crippen molar-refractivity contribution in [2.45, 2.75) is 44.5 Å². The molecule has 2 aromatic heterocycles. The maximum absolute atomic E-state index is 13.3. The SMILES string of the molecule is Cn1c(-c2ccc(OCC(O/N=C(\C(=O)N[C@@H]3C(=O)N(OS(=O)(=O)O)C3(C)C)c3csc(N)n3)C(=O)O)cc2)cn(CCCN)/c1=N/CCN. The molecule has 3 aromatic rings. The number of amides is 2. The largest absolute Gasteiger partial charge is 0.489 e.